The number of benzene rings is 2. The number of halogens is 3. The van der Waals surface area contributed by atoms with E-state index in [2.05, 4.69) is 15.9 Å². The van der Waals surface area contributed by atoms with Crippen molar-refractivity contribution in [1.29, 1.82) is 0 Å². The Kier molecular flexibility index (Phi) is 4.32. The molecule has 0 heterocycles. The van der Waals surface area contributed by atoms with Crippen LogP contribution in [0, 0.1) is 0 Å². The fourth-order valence-corrected chi connectivity index (χ4v) is 2.20. The average molecular weight is 332 g/mol. The van der Waals surface area contributed by atoms with Gasteiger partial charge in [-0.1, -0.05) is 53.5 Å². The molecule has 0 fully saturated rings. The molecule has 0 aliphatic rings. The topological polar surface area (TPSA) is 9.23 Å². The lowest BCUT2D eigenvalue weighted by molar-refractivity contribution is 0.306. The van der Waals surface area contributed by atoms with Gasteiger partial charge in [0, 0.05) is 10.5 Å². The van der Waals surface area contributed by atoms with Gasteiger partial charge in [-0.05, 0) is 27.6 Å². The van der Waals surface area contributed by atoms with E-state index in [1.54, 1.807) is 12.1 Å². The molecule has 2 aromatic rings. The molecule has 4 heteroatoms. The molecule has 0 aromatic heterocycles. The monoisotopic (exact) mass is 330 g/mol. The first-order valence-electron chi connectivity index (χ1n) is 4.98. The fraction of sp³-hybridized carbons (Fsp3) is 0.0769. The fourth-order valence-electron chi connectivity index (χ4n) is 1.35. The summed E-state index contributed by atoms with van der Waals surface area (Å²) >= 11 is 15.3. The van der Waals surface area contributed by atoms with Gasteiger partial charge in [0.1, 0.15) is 12.4 Å². The first kappa shape index (κ1) is 12.7. The van der Waals surface area contributed by atoms with Gasteiger partial charge in [-0.3, -0.25) is 0 Å². The molecule has 2 aromatic carbocycles. The highest BCUT2D eigenvalue weighted by Gasteiger charge is 2.06. The highest BCUT2D eigenvalue weighted by Crippen LogP contribution is 2.34. The third-order valence-electron chi connectivity index (χ3n) is 2.21. The van der Waals surface area contributed by atoms with Crippen LogP contribution in [0.25, 0.3) is 0 Å². The van der Waals surface area contributed by atoms with Crippen molar-refractivity contribution in [3.63, 3.8) is 0 Å². The predicted molar refractivity (Wildman–Crippen MR) is 74.9 cm³/mol. The third kappa shape index (κ3) is 3.38. The van der Waals surface area contributed by atoms with E-state index in [1.807, 2.05) is 30.3 Å². The summed E-state index contributed by atoms with van der Waals surface area (Å²) in [6, 6.07) is 13.3. The van der Waals surface area contributed by atoms with Gasteiger partial charge < -0.3 is 4.74 Å². The minimum atomic E-state index is 0.471. The largest absolute Gasteiger partial charge is 0.487 e. The highest BCUT2D eigenvalue weighted by molar-refractivity contribution is 9.10. The van der Waals surface area contributed by atoms with Crippen LogP contribution in [0.2, 0.25) is 10.0 Å². The van der Waals surface area contributed by atoms with E-state index >= 15 is 0 Å². The van der Waals surface area contributed by atoms with Crippen molar-refractivity contribution in [2.24, 2.45) is 0 Å². The molecule has 0 amide bonds. The molecule has 0 bridgehead atoms. The molecule has 0 spiro atoms. The molecule has 17 heavy (non-hydrogen) atoms. The van der Waals surface area contributed by atoms with Crippen molar-refractivity contribution in [3.8, 4) is 5.75 Å². The van der Waals surface area contributed by atoms with Crippen molar-refractivity contribution in [3.05, 3.63) is 62.5 Å². The number of hydrogen-bond donors (Lipinski definition) is 0. The molecular formula is C13H9BrCl2O. The minimum Gasteiger partial charge on any atom is -0.487 e. The lowest BCUT2D eigenvalue weighted by Crippen LogP contribution is -1.95. The summed E-state index contributed by atoms with van der Waals surface area (Å²) in [5.41, 5.74) is 1.09. The SMILES string of the molecule is Clc1cc(OCc2ccccc2)c(Cl)cc1Br. The second-order valence-corrected chi connectivity index (χ2v) is 5.14. The minimum absolute atomic E-state index is 0.471. The summed E-state index contributed by atoms with van der Waals surface area (Å²) in [5, 5.41) is 1.12. The summed E-state index contributed by atoms with van der Waals surface area (Å²) in [7, 11) is 0. The number of ether oxygens (including phenoxy) is 1. The Morgan fingerprint density at radius 3 is 2.41 bits per heavy atom. The average Bonchev–Trinajstić information content (AvgIpc) is 2.33. The Hall–Kier alpha value is -0.700. The molecule has 0 unspecified atom stereocenters. The zero-order valence-electron chi connectivity index (χ0n) is 8.79. The van der Waals surface area contributed by atoms with Crippen LogP contribution >= 0.6 is 39.1 Å². The van der Waals surface area contributed by atoms with E-state index < -0.39 is 0 Å². The molecule has 0 aliphatic carbocycles. The first-order chi connectivity index (χ1) is 8.16. The van der Waals surface area contributed by atoms with Gasteiger partial charge in [-0.15, -0.1) is 0 Å². The third-order valence-corrected chi connectivity index (χ3v) is 3.70. The molecule has 0 atom stereocenters. The van der Waals surface area contributed by atoms with Crippen LogP contribution in [0.3, 0.4) is 0 Å². The zero-order valence-corrected chi connectivity index (χ0v) is 11.9. The molecule has 0 N–H and O–H groups in total. The maximum Gasteiger partial charge on any atom is 0.139 e. The zero-order chi connectivity index (χ0) is 12.3. The number of hydrogen-bond acceptors (Lipinski definition) is 1. The lowest BCUT2D eigenvalue weighted by atomic mass is 10.2. The smallest absolute Gasteiger partial charge is 0.139 e. The van der Waals surface area contributed by atoms with Crippen LogP contribution in [0.15, 0.2) is 46.9 Å². The Balaban J connectivity index is 2.12. The van der Waals surface area contributed by atoms with Crippen LogP contribution < -0.4 is 4.74 Å². The summed E-state index contributed by atoms with van der Waals surface area (Å²) < 4.78 is 6.38. The predicted octanol–water partition coefficient (Wildman–Crippen LogP) is 5.33. The van der Waals surface area contributed by atoms with Crippen LogP contribution in [0.5, 0.6) is 5.75 Å². The van der Waals surface area contributed by atoms with Gasteiger partial charge in [-0.2, -0.15) is 0 Å². The van der Waals surface area contributed by atoms with Crippen LogP contribution in [-0.2, 0) is 6.61 Å². The lowest BCUT2D eigenvalue weighted by Gasteiger charge is -2.09. The molecule has 0 aliphatic heterocycles. The molecule has 1 nitrogen and oxygen atoms in total. The normalized spacial score (nSPS) is 10.3. The van der Waals surface area contributed by atoms with Crippen molar-refractivity contribution < 1.29 is 4.74 Å². The van der Waals surface area contributed by atoms with Gasteiger partial charge in [0.05, 0.1) is 10.0 Å². The summed E-state index contributed by atoms with van der Waals surface area (Å²) in [4.78, 5) is 0. The molecule has 0 saturated carbocycles. The van der Waals surface area contributed by atoms with Crippen LogP contribution in [0.1, 0.15) is 5.56 Å². The van der Waals surface area contributed by atoms with E-state index in [-0.39, 0.29) is 0 Å². The van der Waals surface area contributed by atoms with E-state index in [0.717, 1.165) is 10.0 Å². The quantitative estimate of drug-likeness (QED) is 0.690. The molecule has 2 rings (SSSR count). The summed E-state index contributed by atoms with van der Waals surface area (Å²) in [5.74, 6) is 0.587. The Morgan fingerprint density at radius 1 is 1.00 bits per heavy atom. The maximum atomic E-state index is 6.05. The summed E-state index contributed by atoms with van der Waals surface area (Å²) in [6.07, 6.45) is 0. The standard InChI is InChI=1S/C13H9BrCl2O/c14-10-6-12(16)13(7-11(10)15)17-8-9-4-2-1-3-5-9/h1-7H,8H2. The molecule has 88 valence electrons. The van der Waals surface area contributed by atoms with Crippen molar-refractivity contribution in [2.75, 3.05) is 0 Å². The van der Waals surface area contributed by atoms with Gasteiger partial charge in [0.2, 0.25) is 0 Å². The Labute approximate surface area is 118 Å². The number of rotatable bonds is 3. The highest BCUT2D eigenvalue weighted by atomic mass is 79.9. The first-order valence-corrected chi connectivity index (χ1v) is 6.53. The Bertz CT molecular complexity index is 514. The van der Waals surface area contributed by atoms with Gasteiger partial charge in [0.15, 0.2) is 0 Å². The second-order valence-electron chi connectivity index (χ2n) is 3.47. The van der Waals surface area contributed by atoms with E-state index in [4.69, 9.17) is 27.9 Å². The van der Waals surface area contributed by atoms with Crippen LogP contribution in [0.4, 0.5) is 0 Å². The summed E-state index contributed by atoms with van der Waals surface area (Å²) in [6.45, 7) is 0.471. The molecule has 0 radical (unpaired) electrons. The van der Waals surface area contributed by atoms with E-state index in [1.165, 1.54) is 0 Å². The van der Waals surface area contributed by atoms with Crippen molar-refractivity contribution >= 4 is 39.1 Å². The van der Waals surface area contributed by atoms with Crippen molar-refractivity contribution in [1.82, 2.24) is 0 Å². The second kappa shape index (κ2) is 5.76. The van der Waals surface area contributed by atoms with Gasteiger partial charge >= 0.3 is 0 Å². The Morgan fingerprint density at radius 2 is 1.71 bits per heavy atom. The molecule has 0 saturated heterocycles. The van der Waals surface area contributed by atoms with E-state index in [0.29, 0.717) is 22.4 Å². The maximum absolute atomic E-state index is 6.05. The van der Waals surface area contributed by atoms with E-state index in [9.17, 15) is 0 Å². The van der Waals surface area contributed by atoms with Gasteiger partial charge in [0.25, 0.3) is 0 Å². The molecular weight excluding hydrogens is 323 g/mol. The van der Waals surface area contributed by atoms with Crippen molar-refractivity contribution in [2.45, 2.75) is 6.61 Å². The van der Waals surface area contributed by atoms with Crippen LogP contribution in [-0.4, -0.2) is 0 Å². The van der Waals surface area contributed by atoms with Gasteiger partial charge in [-0.25, -0.2) is 0 Å².